The molecule has 0 saturated heterocycles. The number of amides is 1. The summed E-state index contributed by atoms with van der Waals surface area (Å²) in [6.45, 7) is 1.98. The molecule has 3 aromatic rings. The van der Waals surface area contributed by atoms with Gasteiger partial charge in [0, 0.05) is 5.39 Å². The van der Waals surface area contributed by atoms with E-state index in [0.717, 1.165) is 16.3 Å². The fourth-order valence-electron chi connectivity index (χ4n) is 4.02. The highest BCUT2D eigenvalue weighted by Crippen LogP contribution is 2.55. The maximum absolute atomic E-state index is 12.6. The van der Waals surface area contributed by atoms with E-state index >= 15 is 0 Å². The molecule has 2 heterocycles. The zero-order valence-corrected chi connectivity index (χ0v) is 13.7. The van der Waals surface area contributed by atoms with E-state index in [1.165, 1.54) is 0 Å². The lowest BCUT2D eigenvalue weighted by molar-refractivity contribution is 0.0695. The van der Waals surface area contributed by atoms with Crippen LogP contribution in [0.25, 0.3) is 10.8 Å². The van der Waals surface area contributed by atoms with Crippen molar-refractivity contribution in [1.82, 2.24) is 5.32 Å². The van der Waals surface area contributed by atoms with E-state index in [1.54, 1.807) is 31.4 Å². The second-order valence-corrected chi connectivity index (χ2v) is 6.44. The van der Waals surface area contributed by atoms with Crippen molar-refractivity contribution >= 4 is 16.7 Å². The highest BCUT2D eigenvalue weighted by Gasteiger charge is 2.54. The summed E-state index contributed by atoms with van der Waals surface area (Å²) >= 11 is 0. The Morgan fingerprint density at radius 3 is 2.80 bits per heavy atom. The molecular formula is C20H15NO4. The number of carbonyl (C=O) groups is 1. The van der Waals surface area contributed by atoms with Crippen LogP contribution in [-0.4, -0.2) is 18.1 Å². The highest BCUT2D eigenvalue weighted by molar-refractivity contribution is 6.05. The second kappa shape index (κ2) is 4.45. The number of fused-ring (bicyclic) bond motifs is 3. The van der Waals surface area contributed by atoms with Crippen molar-refractivity contribution in [1.29, 1.82) is 0 Å². The van der Waals surface area contributed by atoms with Crippen molar-refractivity contribution in [3.63, 3.8) is 0 Å². The minimum absolute atomic E-state index is 0.0779. The second-order valence-electron chi connectivity index (χ2n) is 6.44. The average Bonchev–Trinajstić information content (AvgIpc) is 3.07. The standard InChI is InChI=1S/C20H15NO4/c1-10-8-11-6-7-13(22)18-16(11)15(9-10)25-20(18)17-12(19(23)21-20)4-3-5-14(17)24-2/h3-9,22H,1-2H3,(H,21,23). The number of methoxy groups -OCH3 is 1. The number of carbonyl (C=O) groups excluding carboxylic acids is 1. The third-order valence-electron chi connectivity index (χ3n) is 4.95. The summed E-state index contributed by atoms with van der Waals surface area (Å²) in [4.78, 5) is 12.6. The van der Waals surface area contributed by atoms with Crippen LogP contribution < -0.4 is 14.8 Å². The Balaban J connectivity index is 1.92. The van der Waals surface area contributed by atoms with E-state index in [-0.39, 0.29) is 11.7 Å². The van der Waals surface area contributed by atoms with Crippen LogP contribution in [-0.2, 0) is 5.72 Å². The fourth-order valence-corrected chi connectivity index (χ4v) is 4.02. The van der Waals surface area contributed by atoms with Crippen molar-refractivity contribution < 1.29 is 19.4 Å². The van der Waals surface area contributed by atoms with E-state index < -0.39 is 5.72 Å². The van der Waals surface area contributed by atoms with E-state index in [1.807, 2.05) is 25.1 Å². The van der Waals surface area contributed by atoms with Crippen LogP contribution in [0.2, 0.25) is 0 Å². The van der Waals surface area contributed by atoms with E-state index in [2.05, 4.69) is 5.32 Å². The lowest BCUT2D eigenvalue weighted by Gasteiger charge is -2.27. The zero-order chi connectivity index (χ0) is 17.3. The van der Waals surface area contributed by atoms with Crippen LogP contribution in [0, 0.1) is 6.92 Å². The molecule has 0 fully saturated rings. The van der Waals surface area contributed by atoms with Gasteiger partial charge in [0.25, 0.3) is 5.91 Å². The van der Waals surface area contributed by atoms with Crippen LogP contribution in [0.15, 0.2) is 42.5 Å². The van der Waals surface area contributed by atoms with Gasteiger partial charge in [-0.2, -0.15) is 0 Å². The first kappa shape index (κ1) is 14.2. The molecule has 5 nitrogen and oxygen atoms in total. The molecule has 0 aromatic heterocycles. The smallest absolute Gasteiger partial charge is 0.255 e. The quantitative estimate of drug-likeness (QED) is 0.718. The molecule has 5 rings (SSSR count). The fraction of sp³-hybridized carbons (Fsp3) is 0.150. The molecule has 2 aliphatic rings. The predicted molar refractivity (Wildman–Crippen MR) is 92.2 cm³/mol. The van der Waals surface area contributed by atoms with Crippen LogP contribution in [0.4, 0.5) is 0 Å². The first-order valence-electron chi connectivity index (χ1n) is 8.01. The molecule has 5 heteroatoms. The Morgan fingerprint density at radius 2 is 2.00 bits per heavy atom. The molecular weight excluding hydrogens is 318 g/mol. The summed E-state index contributed by atoms with van der Waals surface area (Å²) < 4.78 is 11.8. The Bertz CT molecular complexity index is 1090. The Kier molecular flexibility index (Phi) is 2.52. The lowest BCUT2D eigenvalue weighted by Crippen LogP contribution is -2.43. The summed E-state index contributed by atoms with van der Waals surface area (Å²) in [6, 6.07) is 12.7. The molecule has 1 amide bonds. The van der Waals surface area contributed by atoms with Gasteiger partial charge >= 0.3 is 0 Å². The summed E-state index contributed by atoms with van der Waals surface area (Å²) in [5, 5.41) is 15.3. The van der Waals surface area contributed by atoms with Gasteiger partial charge in [0.05, 0.1) is 23.8 Å². The SMILES string of the molecule is COc1cccc2c1C1(NC2=O)Oc2cc(C)cc3ccc(O)c1c23. The molecule has 2 aliphatic heterocycles. The van der Waals surface area contributed by atoms with Crippen molar-refractivity contribution in [3.05, 3.63) is 64.7 Å². The minimum Gasteiger partial charge on any atom is -0.507 e. The number of rotatable bonds is 1. The van der Waals surface area contributed by atoms with Crippen LogP contribution in [0.3, 0.4) is 0 Å². The van der Waals surface area contributed by atoms with Crippen molar-refractivity contribution in [3.8, 4) is 17.2 Å². The predicted octanol–water partition coefficient (Wildman–Crippen LogP) is 3.20. The molecule has 1 spiro atoms. The summed E-state index contributed by atoms with van der Waals surface area (Å²) in [7, 11) is 1.55. The zero-order valence-electron chi connectivity index (χ0n) is 13.7. The van der Waals surface area contributed by atoms with Gasteiger partial charge in [-0.3, -0.25) is 4.79 Å². The number of hydrogen-bond acceptors (Lipinski definition) is 4. The van der Waals surface area contributed by atoms with Gasteiger partial charge in [-0.1, -0.05) is 18.2 Å². The van der Waals surface area contributed by atoms with Crippen molar-refractivity contribution in [2.45, 2.75) is 12.6 Å². The minimum atomic E-state index is -1.28. The molecule has 0 aliphatic carbocycles. The number of phenols is 1. The normalized spacial score (nSPS) is 19.8. The number of aryl methyl sites for hydroxylation is 1. The third kappa shape index (κ3) is 1.60. The first-order valence-corrected chi connectivity index (χ1v) is 8.01. The molecule has 1 unspecified atom stereocenters. The van der Waals surface area contributed by atoms with Gasteiger partial charge in [0.1, 0.15) is 17.2 Å². The molecule has 2 N–H and O–H groups in total. The maximum Gasteiger partial charge on any atom is 0.255 e. The van der Waals surface area contributed by atoms with Crippen LogP contribution in [0.5, 0.6) is 17.2 Å². The summed E-state index contributed by atoms with van der Waals surface area (Å²) in [5.41, 5.74) is 1.40. The average molecular weight is 333 g/mol. The molecule has 0 bridgehead atoms. The van der Waals surface area contributed by atoms with Crippen molar-refractivity contribution in [2.75, 3.05) is 7.11 Å². The maximum atomic E-state index is 12.6. The topological polar surface area (TPSA) is 67.8 Å². The Morgan fingerprint density at radius 1 is 1.16 bits per heavy atom. The number of phenolic OH excluding ortho intramolecular Hbond substituents is 1. The van der Waals surface area contributed by atoms with Gasteiger partial charge < -0.3 is 19.9 Å². The number of hydrogen-bond donors (Lipinski definition) is 2. The third-order valence-corrected chi connectivity index (χ3v) is 4.95. The molecule has 3 aromatic carbocycles. The largest absolute Gasteiger partial charge is 0.507 e. The van der Waals surface area contributed by atoms with E-state index in [0.29, 0.717) is 28.2 Å². The van der Waals surface area contributed by atoms with Crippen molar-refractivity contribution in [2.24, 2.45) is 0 Å². The first-order chi connectivity index (χ1) is 12.0. The highest BCUT2D eigenvalue weighted by atomic mass is 16.5. The Hall–Kier alpha value is -3.21. The molecule has 124 valence electrons. The summed E-state index contributed by atoms with van der Waals surface area (Å²) in [5.74, 6) is 1.00. The number of aromatic hydroxyl groups is 1. The van der Waals surface area contributed by atoms with Gasteiger partial charge in [-0.15, -0.1) is 0 Å². The number of nitrogens with one attached hydrogen (secondary N) is 1. The van der Waals surface area contributed by atoms with Gasteiger partial charge in [-0.05, 0) is 42.1 Å². The molecule has 1 atom stereocenters. The number of benzene rings is 3. The van der Waals surface area contributed by atoms with Gasteiger partial charge in [0.2, 0.25) is 5.72 Å². The van der Waals surface area contributed by atoms with Gasteiger partial charge in [0.15, 0.2) is 0 Å². The Labute approximate surface area is 143 Å². The number of ether oxygens (including phenoxy) is 2. The summed E-state index contributed by atoms with van der Waals surface area (Å²) in [6.07, 6.45) is 0. The van der Waals surface area contributed by atoms with Gasteiger partial charge in [-0.25, -0.2) is 0 Å². The lowest BCUT2D eigenvalue weighted by atomic mass is 9.90. The molecule has 0 saturated carbocycles. The van der Waals surface area contributed by atoms with E-state index in [9.17, 15) is 9.90 Å². The van der Waals surface area contributed by atoms with Crippen LogP contribution >= 0.6 is 0 Å². The van der Waals surface area contributed by atoms with E-state index in [4.69, 9.17) is 9.47 Å². The monoisotopic (exact) mass is 333 g/mol. The van der Waals surface area contributed by atoms with Crippen LogP contribution in [0.1, 0.15) is 27.0 Å². The molecule has 0 radical (unpaired) electrons. The molecule has 25 heavy (non-hydrogen) atoms.